The first-order chi connectivity index (χ1) is 8.76. The van der Waals surface area contributed by atoms with Crippen molar-refractivity contribution in [1.29, 1.82) is 0 Å². The molecule has 0 fully saturated rings. The van der Waals surface area contributed by atoms with Crippen molar-refractivity contribution in [3.63, 3.8) is 0 Å². The van der Waals surface area contributed by atoms with Gasteiger partial charge in [-0.1, -0.05) is 26.0 Å². The molecule has 1 unspecified atom stereocenters. The predicted molar refractivity (Wildman–Crippen MR) is 70.9 cm³/mol. The Bertz CT molecular complexity index is 518. The van der Waals surface area contributed by atoms with E-state index in [2.05, 4.69) is 5.32 Å². The Morgan fingerprint density at radius 2 is 1.84 bits per heavy atom. The van der Waals surface area contributed by atoms with Crippen molar-refractivity contribution in [2.75, 3.05) is 11.9 Å². The van der Waals surface area contributed by atoms with Crippen molar-refractivity contribution < 1.29 is 17.2 Å². The first-order valence-electron chi connectivity index (χ1n) is 5.87. The number of anilines is 1. The Labute approximate surface area is 111 Å². The lowest BCUT2D eigenvalue weighted by atomic mass is 10.1. The van der Waals surface area contributed by atoms with Crippen LogP contribution >= 0.6 is 0 Å². The number of alkyl halides is 2. The zero-order chi connectivity index (χ0) is 14.6. The molecule has 1 rings (SSSR count). The Hall–Kier alpha value is -1.21. The number of nitrogens with one attached hydrogen (secondary N) is 1. The Morgan fingerprint density at radius 1 is 1.26 bits per heavy atom. The minimum Gasteiger partial charge on any atom is -0.382 e. The van der Waals surface area contributed by atoms with Gasteiger partial charge in [0.15, 0.2) is 0 Å². The number of hydrogen-bond acceptors (Lipinski definition) is 4. The number of rotatable bonds is 6. The van der Waals surface area contributed by atoms with Crippen LogP contribution in [-0.4, -0.2) is 26.8 Å². The third kappa shape index (κ3) is 3.87. The molecular formula is C12H18F2N2O2S. The molecule has 0 spiro atoms. The molecule has 0 aliphatic rings. The van der Waals surface area contributed by atoms with Crippen LogP contribution in [0.5, 0.6) is 0 Å². The lowest BCUT2D eigenvalue weighted by Gasteiger charge is -2.18. The molecule has 0 saturated heterocycles. The molecule has 0 saturated carbocycles. The van der Waals surface area contributed by atoms with Gasteiger partial charge in [-0.15, -0.1) is 0 Å². The molecule has 0 bridgehead atoms. The Morgan fingerprint density at radius 3 is 2.37 bits per heavy atom. The van der Waals surface area contributed by atoms with E-state index >= 15 is 0 Å². The van der Waals surface area contributed by atoms with Crippen LogP contribution in [0.2, 0.25) is 0 Å². The molecule has 0 aliphatic carbocycles. The second-order valence-electron chi connectivity index (χ2n) is 4.59. The van der Waals surface area contributed by atoms with E-state index in [4.69, 9.17) is 5.73 Å². The van der Waals surface area contributed by atoms with E-state index in [0.29, 0.717) is 6.54 Å². The number of hydrogen-bond donors (Lipinski definition) is 2. The van der Waals surface area contributed by atoms with Gasteiger partial charge in [0.2, 0.25) is 9.84 Å². The van der Waals surface area contributed by atoms with Crippen LogP contribution in [0.25, 0.3) is 0 Å². The number of halogens is 2. The van der Waals surface area contributed by atoms with Crippen LogP contribution in [0.15, 0.2) is 29.2 Å². The summed E-state index contributed by atoms with van der Waals surface area (Å²) >= 11 is 0. The van der Waals surface area contributed by atoms with Crippen LogP contribution in [0, 0.1) is 5.92 Å². The molecule has 1 aromatic rings. The number of nitrogens with two attached hydrogens (primary N) is 1. The lowest BCUT2D eigenvalue weighted by molar-refractivity contribution is 0.235. The number of sulfone groups is 1. The zero-order valence-electron chi connectivity index (χ0n) is 10.8. The van der Waals surface area contributed by atoms with Crippen LogP contribution in [0.3, 0.4) is 0 Å². The molecule has 0 heterocycles. The molecule has 0 amide bonds. The maximum absolute atomic E-state index is 12.6. The molecule has 108 valence electrons. The summed E-state index contributed by atoms with van der Waals surface area (Å²) < 4.78 is 48.2. The Balaban J connectivity index is 2.98. The van der Waals surface area contributed by atoms with Gasteiger partial charge >= 0.3 is 5.76 Å². The van der Waals surface area contributed by atoms with Crippen LogP contribution in [0.1, 0.15) is 13.8 Å². The first kappa shape index (κ1) is 15.8. The van der Waals surface area contributed by atoms with Crippen molar-refractivity contribution in [2.24, 2.45) is 11.7 Å². The number of para-hydroxylation sites is 1. The summed E-state index contributed by atoms with van der Waals surface area (Å²) in [5.74, 6) is -3.24. The summed E-state index contributed by atoms with van der Waals surface area (Å²) in [4.78, 5) is -0.402. The summed E-state index contributed by atoms with van der Waals surface area (Å²) in [5, 5.41) is 2.82. The van der Waals surface area contributed by atoms with Crippen LogP contribution < -0.4 is 11.1 Å². The fourth-order valence-electron chi connectivity index (χ4n) is 1.42. The summed E-state index contributed by atoms with van der Waals surface area (Å²) in [6.45, 7) is 4.16. The van der Waals surface area contributed by atoms with E-state index in [1.807, 2.05) is 13.8 Å². The molecule has 0 aliphatic heterocycles. The number of benzene rings is 1. The second-order valence-corrected chi connectivity index (χ2v) is 6.48. The molecular weight excluding hydrogens is 274 g/mol. The average Bonchev–Trinajstić information content (AvgIpc) is 2.35. The van der Waals surface area contributed by atoms with Crippen LogP contribution in [0.4, 0.5) is 14.5 Å². The molecule has 19 heavy (non-hydrogen) atoms. The minimum absolute atomic E-state index is 0.152. The highest BCUT2D eigenvalue weighted by Crippen LogP contribution is 2.26. The van der Waals surface area contributed by atoms with Crippen molar-refractivity contribution in [1.82, 2.24) is 0 Å². The molecule has 3 N–H and O–H groups in total. The van der Waals surface area contributed by atoms with Crippen molar-refractivity contribution in [2.45, 2.75) is 30.5 Å². The minimum atomic E-state index is -4.61. The smallest absolute Gasteiger partial charge is 0.341 e. The van der Waals surface area contributed by atoms with Gasteiger partial charge in [0.1, 0.15) is 0 Å². The average molecular weight is 292 g/mol. The zero-order valence-corrected chi connectivity index (χ0v) is 11.6. The van der Waals surface area contributed by atoms with Gasteiger partial charge < -0.3 is 11.1 Å². The van der Waals surface area contributed by atoms with Gasteiger partial charge in [0.05, 0.1) is 10.6 Å². The maximum atomic E-state index is 12.6. The normalized spacial score (nSPS) is 13.8. The summed E-state index contributed by atoms with van der Waals surface area (Å²) in [5.41, 5.74) is 5.97. The van der Waals surface area contributed by atoms with Crippen molar-refractivity contribution in [3.8, 4) is 0 Å². The van der Waals surface area contributed by atoms with Gasteiger partial charge in [-0.25, -0.2) is 8.42 Å². The topological polar surface area (TPSA) is 72.2 Å². The fourth-order valence-corrected chi connectivity index (χ4v) is 2.33. The van der Waals surface area contributed by atoms with E-state index in [1.54, 1.807) is 6.07 Å². The highest BCUT2D eigenvalue weighted by atomic mass is 32.2. The predicted octanol–water partition coefficient (Wildman–Crippen LogP) is 2.08. The van der Waals surface area contributed by atoms with Crippen LogP contribution in [-0.2, 0) is 9.84 Å². The second kappa shape index (κ2) is 6.29. The molecule has 4 nitrogen and oxygen atoms in total. The van der Waals surface area contributed by atoms with Gasteiger partial charge in [-0.05, 0) is 18.1 Å². The van der Waals surface area contributed by atoms with Gasteiger partial charge in [-0.3, -0.25) is 0 Å². The monoisotopic (exact) mass is 292 g/mol. The Kier molecular flexibility index (Phi) is 5.25. The summed E-state index contributed by atoms with van der Waals surface area (Å²) in [6, 6.07) is 5.39. The summed E-state index contributed by atoms with van der Waals surface area (Å²) in [7, 11) is -4.61. The summed E-state index contributed by atoms with van der Waals surface area (Å²) in [6.07, 6.45) is 0. The van der Waals surface area contributed by atoms with Gasteiger partial charge in [0, 0.05) is 12.6 Å². The highest BCUT2D eigenvalue weighted by molar-refractivity contribution is 7.91. The molecule has 0 aromatic heterocycles. The fraction of sp³-hybridized carbons (Fsp3) is 0.500. The van der Waals surface area contributed by atoms with E-state index in [-0.39, 0.29) is 17.6 Å². The third-order valence-corrected chi connectivity index (χ3v) is 4.25. The van der Waals surface area contributed by atoms with E-state index in [1.165, 1.54) is 12.1 Å². The third-order valence-electron chi connectivity index (χ3n) is 2.81. The van der Waals surface area contributed by atoms with E-state index in [0.717, 1.165) is 6.07 Å². The van der Waals surface area contributed by atoms with Crippen molar-refractivity contribution >= 4 is 15.5 Å². The molecule has 1 aromatic carbocycles. The standard InChI is InChI=1S/C12H18F2N2O2S/c1-8(2)9(15)7-16-10-5-3-4-6-11(10)19(17,18)12(13)14/h3-6,8-9,12,16H,7,15H2,1-2H3. The first-order valence-corrected chi connectivity index (χ1v) is 7.42. The molecule has 7 heteroatoms. The maximum Gasteiger partial charge on any atom is 0.341 e. The quantitative estimate of drug-likeness (QED) is 0.842. The SMILES string of the molecule is CC(C)C(N)CNc1ccccc1S(=O)(=O)C(F)F. The van der Waals surface area contributed by atoms with Crippen molar-refractivity contribution in [3.05, 3.63) is 24.3 Å². The lowest BCUT2D eigenvalue weighted by Crippen LogP contribution is -2.34. The largest absolute Gasteiger partial charge is 0.382 e. The van der Waals surface area contributed by atoms with E-state index < -0.39 is 20.5 Å². The molecule has 1 atom stereocenters. The van der Waals surface area contributed by atoms with Gasteiger partial charge in [0.25, 0.3) is 0 Å². The van der Waals surface area contributed by atoms with E-state index in [9.17, 15) is 17.2 Å². The van der Waals surface area contributed by atoms with Gasteiger partial charge in [-0.2, -0.15) is 8.78 Å². The highest BCUT2D eigenvalue weighted by Gasteiger charge is 2.29. The molecule has 0 radical (unpaired) electrons.